The highest BCUT2D eigenvalue weighted by molar-refractivity contribution is 5.69. The van der Waals surface area contributed by atoms with E-state index in [0.29, 0.717) is 19.7 Å². The van der Waals surface area contributed by atoms with Crippen molar-refractivity contribution in [1.82, 2.24) is 14.9 Å². The van der Waals surface area contributed by atoms with E-state index in [2.05, 4.69) is 14.9 Å². The van der Waals surface area contributed by atoms with Crippen LogP contribution >= 0.6 is 0 Å². The summed E-state index contributed by atoms with van der Waals surface area (Å²) >= 11 is 0. The van der Waals surface area contributed by atoms with Crippen molar-refractivity contribution in [3.05, 3.63) is 17.6 Å². The summed E-state index contributed by atoms with van der Waals surface area (Å²) in [6, 6.07) is 0. The lowest BCUT2D eigenvalue weighted by molar-refractivity contribution is -0.138. The van der Waals surface area contributed by atoms with Crippen LogP contribution in [0.15, 0.2) is 6.20 Å². The van der Waals surface area contributed by atoms with E-state index in [9.17, 15) is 4.79 Å². The third-order valence-corrected chi connectivity index (χ3v) is 3.41. The van der Waals surface area contributed by atoms with Crippen molar-refractivity contribution < 1.29 is 14.6 Å². The van der Waals surface area contributed by atoms with E-state index in [4.69, 9.17) is 9.84 Å². The van der Waals surface area contributed by atoms with Gasteiger partial charge in [-0.3, -0.25) is 14.7 Å². The first kappa shape index (κ1) is 15.7. The van der Waals surface area contributed by atoms with Crippen LogP contribution in [0.1, 0.15) is 11.4 Å². The van der Waals surface area contributed by atoms with Crippen molar-refractivity contribution >= 4 is 11.8 Å². The summed E-state index contributed by atoms with van der Waals surface area (Å²) in [5.74, 6) is 0.0646. The minimum absolute atomic E-state index is 0.0170. The molecule has 0 aromatic carbocycles. The summed E-state index contributed by atoms with van der Waals surface area (Å²) in [4.78, 5) is 23.5. The highest BCUT2D eigenvalue weighted by atomic mass is 16.5. The van der Waals surface area contributed by atoms with E-state index in [-0.39, 0.29) is 12.6 Å². The third kappa shape index (κ3) is 4.37. The van der Waals surface area contributed by atoms with Gasteiger partial charge in [0.25, 0.3) is 0 Å². The van der Waals surface area contributed by atoms with Gasteiger partial charge in [-0.25, -0.2) is 4.98 Å². The zero-order valence-corrected chi connectivity index (χ0v) is 12.7. The number of hydrogen-bond donors (Lipinski definition) is 1. The first-order valence-corrected chi connectivity index (χ1v) is 7.03. The maximum atomic E-state index is 10.7. The van der Waals surface area contributed by atoms with Crippen LogP contribution in [0.4, 0.5) is 5.82 Å². The van der Waals surface area contributed by atoms with Gasteiger partial charge < -0.3 is 14.7 Å². The maximum Gasteiger partial charge on any atom is 0.317 e. The van der Waals surface area contributed by atoms with Gasteiger partial charge in [0.2, 0.25) is 0 Å². The number of aromatic nitrogens is 2. The highest BCUT2D eigenvalue weighted by Gasteiger charge is 2.24. The molecule has 116 valence electrons. The third-order valence-electron chi connectivity index (χ3n) is 3.41. The number of hydrogen-bond acceptors (Lipinski definition) is 6. The Morgan fingerprint density at radius 1 is 1.57 bits per heavy atom. The molecule has 0 saturated carbocycles. The van der Waals surface area contributed by atoms with E-state index in [0.717, 1.165) is 23.8 Å². The number of carboxylic acid groups (broad SMARTS) is 1. The predicted molar refractivity (Wildman–Crippen MR) is 78.6 cm³/mol. The Morgan fingerprint density at radius 2 is 2.33 bits per heavy atom. The van der Waals surface area contributed by atoms with Crippen LogP contribution in [0.25, 0.3) is 0 Å². The standard InChI is InChI=1S/C14H22N4O3/c1-10-6-15-11(2)14(16-10)18-4-5-21-12(8-18)7-17(3)9-13(19)20/h6,12H,4-5,7-9H2,1-3H3,(H,19,20). The summed E-state index contributed by atoms with van der Waals surface area (Å²) in [6.07, 6.45) is 1.74. The van der Waals surface area contributed by atoms with Crippen LogP contribution < -0.4 is 4.90 Å². The molecule has 7 heteroatoms. The number of carbonyl (C=O) groups is 1. The molecule has 1 fully saturated rings. The van der Waals surface area contributed by atoms with Gasteiger partial charge in [-0.05, 0) is 20.9 Å². The number of anilines is 1. The zero-order valence-electron chi connectivity index (χ0n) is 12.7. The van der Waals surface area contributed by atoms with E-state index >= 15 is 0 Å². The van der Waals surface area contributed by atoms with Crippen molar-refractivity contribution in [3.8, 4) is 0 Å². The summed E-state index contributed by atoms with van der Waals surface area (Å²) in [7, 11) is 1.79. The Kier molecular flexibility index (Phi) is 5.08. The van der Waals surface area contributed by atoms with Crippen molar-refractivity contribution in [1.29, 1.82) is 0 Å². The summed E-state index contributed by atoms with van der Waals surface area (Å²) in [5, 5.41) is 8.80. The van der Waals surface area contributed by atoms with E-state index in [1.807, 2.05) is 13.8 Å². The molecule has 2 heterocycles. The summed E-state index contributed by atoms with van der Waals surface area (Å²) in [6.45, 7) is 6.56. The smallest absolute Gasteiger partial charge is 0.317 e. The van der Waals surface area contributed by atoms with Crippen LogP contribution in [-0.4, -0.2) is 71.9 Å². The molecule has 2 rings (SSSR count). The minimum Gasteiger partial charge on any atom is -0.480 e. The van der Waals surface area contributed by atoms with Crippen LogP contribution in [0.5, 0.6) is 0 Å². The number of morpholine rings is 1. The van der Waals surface area contributed by atoms with Crippen LogP contribution in [-0.2, 0) is 9.53 Å². The van der Waals surface area contributed by atoms with Crippen LogP contribution in [0.3, 0.4) is 0 Å². The molecule has 0 aliphatic carbocycles. The largest absolute Gasteiger partial charge is 0.480 e. The van der Waals surface area contributed by atoms with Crippen molar-refractivity contribution in [2.75, 3.05) is 44.7 Å². The highest BCUT2D eigenvalue weighted by Crippen LogP contribution is 2.18. The molecular weight excluding hydrogens is 272 g/mol. The summed E-state index contributed by atoms with van der Waals surface area (Å²) < 4.78 is 5.73. The Labute approximate surface area is 124 Å². The molecule has 0 radical (unpaired) electrons. The average Bonchev–Trinajstić information content (AvgIpc) is 2.41. The van der Waals surface area contributed by atoms with Crippen molar-refractivity contribution in [2.45, 2.75) is 20.0 Å². The summed E-state index contributed by atoms with van der Waals surface area (Å²) in [5.41, 5.74) is 1.79. The maximum absolute atomic E-state index is 10.7. The minimum atomic E-state index is -0.828. The molecule has 0 amide bonds. The molecule has 1 unspecified atom stereocenters. The van der Waals surface area contributed by atoms with Crippen molar-refractivity contribution in [2.24, 2.45) is 0 Å². The molecule has 7 nitrogen and oxygen atoms in total. The normalized spacial score (nSPS) is 19.0. The fourth-order valence-corrected chi connectivity index (χ4v) is 2.49. The van der Waals surface area contributed by atoms with Gasteiger partial charge in [-0.1, -0.05) is 0 Å². The van der Waals surface area contributed by atoms with Crippen molar-refractivity contribution in [3.63, 3.8) is 0 Å². The first-order valence-electron chi connectivity index (χ1n) is 7.03. The molecule has 0 bridgehead atoms. The lowest BCUT2D eigenvalue weighted by Gasteiger charge is -2.35. The van der Waals surface area contributed by atoms with Gasteiger partial charge in [0.15, 0.2) is 5.82 Å². The number of aryl methyl sites for hydroxylation is 2. The number of aliphatic carboxylic acids is 1. The van der Waals surface area contributed by atoms with Gasteiger partial charge >= 0.3 is 5.97 Å². The molecular formula is C14H22N4O3. The Morgan fingerprint density at radius 3 is 3.05 bits per heavy atom. The molecule has 1 atom stereocenters. The van der Waals surface area contributed by atoms with Gasteiger partial charge in [-0.15, -0.1) is 0 Å². The van der Waals surface area contributed by atoms with Crippen LogP contribution in [0, 0.1) is 13.8 Å². The molecule has 1 aromatic heterocycles. The van der Waals surface area contributed by atoms with Gasteiger partial charge in [-0.2, -0.15) is 0 Å². The molecule has 1 saturated heterocycles. The molecule has 1 aliphatic rings. The lowest BCUT2D eigenvalue weighted by atomic mass is 10.2. The zero-order chi connectivity index (χ0) is 15.4. The Hall–Kier alpha value is -1.73. The number of rotatable bonds is 5. The molecule has 0 spiro atoms. The molecule has 1 aromatic rings. The fourth-order valence-electron chi connectivity index (χ4n) is 2.49. The lowest BCUT2D eigenvalue weighted by Crippen LogP contribution is -2.48. The number of likely N-dealkylation sites (N-methyl/N-ethyl adjacent to an activating group) is 1. The predicted octanol–water partition coefficient (Wildman–Crippen LogP) is 0.315. The van der Waals surface area contributed by atoms with E-state index < -0.39 is 5.97 Å². The quantitative estimate of drug-likeness (QED) is 0.837. The van der Waals surface area contributed by atoms with Gasteiger partial charge in [0.05, 0.1) is 30.6 Å². The fraction of sp³-hybridized carbons (Fsp3) is 0.643. The number of carboxylic acids is 1. The Bertz CT molecular complexity index is 509. The van der Waals surface area contributed by atoms with E-state index in [1.165, 1.54) is 0 Å². The second-order valence-corrected chi connectivity index (χ2v) is 5.45. The Balaban J connectivity index is 2.00. The molecule has 1 N–H and O–H groups in total. The van der Waals surface area contributed by atoms with E-state index in [1.54, 1.807) is 18.1 Å². The number of ether oxygens (including phenoxy) is 1. The molecule has 1 aliphatic heterocycles. The van der Waals surface area contributed by atoms with Gasteiger partial charge in [0.1, 0.15) is 0 Å². The monoisotopic (exact) mass is 294 g/mol. The first-order chi connectivity index (χ1) is 9.95. The van der Waals surface area contributed by atoms with Crippen LogP contribution in [0.2, 0.25) is 0 Å². The SMILES string of the molecule is Cc1cnc(C)c(N2CCOC(CN(C)CC(=O)O)C2)n1. The average molecular weight is 294 g/mol. The second kappa shape index (κ2) is 6.82. The molecule has 21 heavy (non-hydrogen) atoms. The second-order valence-electron chi connectivity index (χ2n) is 5.45. The topological polar surface area (TPSA) is 78.8 Å². The number of nitrogens with zero attached hydrogens (tertiary/aromatic N) is 4. The van der Waals surface area contributed by atoms with Gasteiger partial charge in [0, 0.05) is 25.8 Å².